The largest absolute Gasteiger partial charge is 0.493 e. The van der Waals surface area contributed by atoms with Gasteiger partial charge in [0.05, 0.1) is 6.61 Å². The molecule has 1 aliphatic rings. The molecule has 0 saturated carbocycles. The fourth-order valence-corrected chi connectivity index (χ4v) is 2.43. The van der Waals surface area contributed by atoms with Gasteiger partial charge in [-0.2, -0.15) is 0 Å². The molecule has 1 heterocycles. The summed E-state index contributed by atoms with van der Waals surface area (Å²) in [5, 5.41) is 3.37. The second-order valence-corrected chi connectivity index (χ2v) is 4.84. The van der Waals surface area contributed by atoms with Gasteiger partial charge in [0.15, 0.2) is 0 Å². The summed E-state index contributed by atoms with van der Waals surface area (Å²) in [5.41, 5.74) is 1.25. The van der Waals surface area contributed by atoms with Gasteiger partial charge in [0.2, 0.25) is 0 Å². The lowest BCUT2D eigenvalue weighted by Crippen LogP contribution is -2.21. The van der Waals surface area contributed by atoms with Crippen LogP contribution in [0.1, 0.15) is 20.3 Å². The van der Waals surface area contributed by atoms with Gasteiger partial charge >= 0.3 is 0 Å². The highest BCUT2D eigenvalue weighted by atomic mass is 16.5. The number of hydrogen-bond donors (Lipinski definition) is 1. The van der Waals surface area contributed by atoms with Crippen molar-refractivity contribution in [3.63, 3.8) is 0 Å². The quantitative estimate of drug-likeness (QED) is 0.837. The number of rotatable bonds is 6. The molecule has 1 unspecified atom stereocenters. The Morgan fingerprint density at radius 3 is 2.83 bits per heavy atom. The zero-order chi connectivity index (χ0) is 12.8. The predicted molar refractivity (Wildman–Crippen MR) is 76.5 cm³/mol. The second kappa shape index (κ2) is 6.64. The molecule has 0 amide bonds. The van der Waals surface area contributed by atoms with Gasteiger partial charge in [-0.25, -0.2) is 0 Å². The van der Waals surface area contributed by atoms with Crippen molar-refractivity contribution in [2.75, 3.05) is 37.7 Å². The van der Waals surface area contributed by atoms with E-state index in [4.69, 9.17) is 4.74 Å². The average Bonchev–Trinajstić information content (AvgIpc) is 2.92. The maximum Gasteiger partial charge on any atom is 0.121 e. The van der Waals surface area contributed by atoms with Crippen molar-refractivity contribution in [1.82, 2.24) is 5.32 Å². The maximum atomic E-state index is 5.90. The monoisotopic (exact) mass is 248 g/mol. The lowest BCUT2D eigenvalue weighted by atomic mass is 10.1. The van der Waals surface area contributed by atoms with Crippen LogP contribution in [0, 0.1) is 5.92 Å². The van der Waals surface area contributed by atoms with Crippen LogP contribution in [0.25, 0.3) is 0 Å². The molecule has 0 radical (unpaired) electrons. The fourth-order valence-electron chi connectivity index (χ4n) is 2.43. The summed E-state index contributed by atoms with van der Waals surface area (Å²) >= 11 is 0. The van der Waals surface area contributed by atoms with E-state index in [0.717, 1.165) is 38.5 Å². The van der Waals surface area contributed by atoms with Crippen LogP contribution in [-0.2, 0) is 0 Å². The topological polar surface area (TPSA) is 24.5 Å². The summed E-state index contributed by atoms with van der Waals surface area (Å²) in [5.74, 6) is 1.66. The Labute approximate surface area is 110 Å². The molecular formula is C15H24N2O. The normalized spacial score (nSPS) is 18.9. The van der Waals surface area contributed by atoms with Gasteiger partial charge in [-0.1, -0.05) is 6.07 Å². The molecule has 1 fully saturated rings. The van der Waals surface area contributed by atoms with Crippen LogP contribution in [-0.4, -0.2) is 32.8 Å². The first-order valence-corrected chi connectivity index (χ1v) is 7.02. The van der Waals surface area contributed by atoms with Crippen molar-refractivity contribution in [3.8, 4) is 5.75 Å². The summed E-state index contributed by atoms with van der Waals surface area (Å²) in [6, 6.07) is 8.43. The van der Waals surface area contributed by atoms with E-state index in [1.165, 1.54) is 12.1 Å². The summed E-state index contributed by atoms with van der Waals surface area (Å²) in [4.78, 5) is 2.34. The number of ether oxygens (including phenoxy) is 1. The summed E-state index contributed by atoms with van der Waals surface area (Å²) < 4.78 is 5.90. The summed E-state index contributed by atoms with van der Waals surface area (Å²) in [6.07, 6.45) is 1.23. The molecule has 0 bridgehead atoms. The van der Waals surface area contributed by atoms with E-state index in [-0.39, 0.29) is 0 Å². The zero-order valence-corrected chi connectivity index (χ0v) is 11.5. The van der Waals surface area contributed by atoms with E-state index in [9.17, 15) is 0 Å². The highest BCUT2D eigenvalue weighted by molar-refractivity contribution is 5.50. The lowest BCUT2D eigenvalue weighted by Gasteiger charge is -2.21. The molecule has 18 heavy (non-hydrogen) atoms. The van der Waals surface area contributed by atoms with Crippen LogP contribution < -0.4 is 15.0 Å². The minimum Gasteiger partial charge on any atom is -0.493 e. The molecule has 1 saturated heterocycles. The SMILES string of the molecule is CCN(CC)c1cccc(OCC2CCNC2)c1. The minimum absolute atomic E-state index is 0.669. The van der Waals surface area contributed by atoms with Gasteiger partial charge in [0.1, 0.15) is 5.75 Å². The number of anilines is 1. The third kappa shape index (κ3) is 3.39. The van der Waals surface area contributed by atoms with E-state index in [1.54, 1.807) is 0 Å². The van der Waals surface area contributed by atoms with Crippen molar-refractivity contribution in [1.29, 1.82) is 0 Å². The molecule has 0 aromatic heterocycles. The van der Waals surface area contributed by atoms with Gasteiger partial charge in [-0.3, -0.25) is 0 Å². The molecule has 1 N–H and O–H groups in total. The Hall–Kier alpha value is -1.22. The smallest absolute Gasteiger partial charge is 0.121 e. The molecule has 2 rings (SSSR count). The van der Waals surface area contributed by atoms with E-state index in [1.807, 2.05) is 0 Å². The highest BCUT2D eigenvalue weighted by Crippen LogP contribution is 2.22. The second-order valence-electron chi connectivity index (χ2n) is 4.84. The van der Waals surface area contributed by atoms with Crippen LogP contribution in [0.2, 0.25) is 0 Å². The molecule has 1 aliphatic heterocycles. The van der Waals surface area contributed by atoms with Gasteiger partial charge in [0.25, 0.3) is 0 Å². The first-order chi connectivity index (χ1) is 8.83. The summed E-state index contributed by atoms with van der Waals surface area (Å²) in [6.45, 7) is 9.49. The van der Waals surface area contributed by atoms with Crippen LogP contribution in [0.3, 0.4) is 0 Å². The number of nitrogens with zero attached hydrogens (tertiary/aromatic N) is 1. The molecule has 1 atom stereocenters. The van der Waals surface area contributed by atoms with Crippen LogP contribution >= 0.6 is 0 Å². The number of hydrogen-bond acceptors (Lipinski definition) is 3. The van der Waals surface area contributed by atoms with E-state index in [0.29, 0.717) is 5.92 Å². The Balaban J connectivity index is 1.93. The average molecular weight is 248 g/mol. The molecule has 1 aromatic carbocycles. The zero-order valence-electron chi connectivity index (χ0n) is 11.5. The first-order valence-electron chi connectivity index (χ1n) is 7.02. The molecular weight excluding hydrogens is 224 g/mol. The third-order valence-corrected chi connectivity index (χ3v) is 3.59. The molecule has 3 heteroatoms. The van der Waals surface area contributed by atoms with E-state index in [2.05, 4.69) is 48.3 Å². The van der Waals surface area contributed by atoms with Crippen molar-refractivity contribution in [3.05, 3.63) is 24.3 Å². The maximum absolute atomic E-state index is 5.90. The standard InChI is InChI=1S/C15H24N2O/c1-3-17(4-2)14-6-5-7-15(10-14)18-12-13-8-9-16-11-13/h5-7,10,13,16H,3-4,8-9,11-12H2,1-2H3. The Morgan fingerprint density at radius 1 is 1.33 bits per heavy atom. The van der Waals surface area contributed by atoms with E-state index >= 15 is 0 Å². The van der Waals surface area contributed by atoms with Crippen molar-refractivity contribution < 1.29 is 4.74 Å². The minimum atomic E-state index is 0.669. The van der Waals surface area contributed by atoms with Crippen LogP contribution in [0.5, 0.6) is 5.75 Å². The fraction of sp³-hybridized carbons (Fsp3) is 0.600. The van der Waals surface area contributed by atoms with Crippen molar-refractivity contribution >= 4 is 5.69 Å². The van der Waals surface area contributed by atoms with Crippen LogP contribution in [0.15, 0.2) is 24.3 Å². The van der Waals surface area contributed by atoms with E-state index < -0.39 is 0 Å². The first kappa shape index (κ1) is 13.2. The van der Waals surface area contributed by atoms with Crippen molar-refractivity contribution in [2.45, 2.75) is 20.3 Å². The Kier molecular flexibility index (Phi) is 4.88. The van der Waals surface area contributed by atoms with Gasteiger partial charge < -0.3 is 15.0 Å². The van der Waals surface area contributed by atoms with Gasteiger partial charge in [-0.05, 0) is 38.9 Å². The van der Waals surface area contributed by atoms with Crippen molar-refractivity contribution in [2.24, 2.45) is 5.92 Å². The Morgan fingerprint density at radius 2 is 2.17 bits per heavy atom. The summed E-state index contributed by atoms with van der Waals surface area (Å²) in [7, 11) is 0. The van der Waals surface area contributed by atoms with Crippen LogP contribution in [0.4, 0.5) is 5.69 Å². The molecule has 0 aliphatic carbocycles. The molecule has 100 valence electrons. The number of benzene rings is 1. The molecule has 3 nitrogen and oxygen atoms in total. The van der Waals surface area contributed by atoms with Gasteiger partial charge in [-0.15, -0.1) is 0 Å². The third-order valence-electron chi connectivity index (χ3n) is 3.59. The molecule has 1 aromatic rings. The predicted octanol–water partition coefficient (Wildman–Crippen LogP) is 2.52. The highest BCUT2D eigenvalue weighted by Gasteiger charge is 2.15. The lowest BCUT2D eigenvalue weighted by molar-refractivity contribution is 0.260. The Bertz CT molecular complexity index is 357. The number of nitrogens with one attached hydrogen (secondary N) is 1. The molecule has 0 spiro atoms. The van der Waals surface area contributed by atoms with Gasteiger partial charge in [0, 0.05) is 37.3 Å².